The number of ether oxygens (including phenoxy) is 1. The number of fused-ring (bicyclic) bond motifs is 1. The summed E-state index contributed by atoms with van der Waals surface area (Å²) in [5.41, 5.74) is 1.20. The maximum Gasteiger partial charge on any atom is 0.180 e. The van der Waals surface area contributed by atoms with Crippen LogP contribution in [0.4, 0.5) is 0 Å². The number of Topliss-reactive ketones (excluding diaryl/α,β-unsaturated/α-hetero) is 1. The molecule has 0 saturated heterocycles. The van der Waals surface area contributed by atoms with Gasteiger partial charge in [0.05, 0.1) is 17.7 Å². The minimum atomic E-state index is -1.16. The second-order valence-electron chi connectivity index (χ2n) is 4.34. The molecular formula is C14H10N2O3. The number of aldehydes is 1. The Morgan fingerprint density at radius 3 is 2.63 bits per heavy atom. The lowest BCUT2D eigenvalue weighted by Crippen LogP contribution is -2.43. The summed E-state index contributed by atoms with van der Waals surface area (Å²) >= 11 is 0. The summed E-state index contributed by atoms with van der Waals surface area (Å²) < 4.78 is 5.53. The number of carbonyl (C=O) groups excluding carboxylic acids is 2. The fourth-order valence-electron chi connectivity index (χ4n) is 2.07. The summed E-state index contributed by atoms with van der Waals surface area (Å²) in [5.74, 6) is -2.35. The Kier molecular flexibility index (Phi) is 3.31. The van der Waals surface area contributed by atoms with E-state index in [0.29, 0.717) is 17.6 Å². The minimum Gasteiger partial charge on any atom is -0.486 e. The average Bonchev–Trinajstić information content (AvgIpc) is 2.40. The molecule has 5 nitrogen and oxygen atoms in total. The van der Waals surface area contributed by atoms with Gasteiger partial charge >= 0.3 is 0 Å². The van der Waals surface area contributed by atoms with E-state index >= 15 is 0 Å². The lowest BCUT2D eigenvalue weighted by Gasteiger charge is -2.30. The highest BCUT2D eigenvalue weighted by molar-refractivity contribution is 6.08. The topological polar surface area (TPSA) is 90.9 Å². The van der Waals surface area contributed by atoms with Gasteiger partial charge in [-0.15, -0.1) is 0 Å². The van der Waals surface area contributed by atoms with Gasteiger partial charge in [-0.1, -0.05) is 6.07 Å². The maximum atomic E-state index is 12.2. The highest BCUT2D eigenvalue weighted by atomic mass is 16.5. The molecule has 0 N–H and O–H groups in total. The van der Waals surface area contributed by atoms with E-state index < -0.39 is 23.7 Å². The molecule has 0 amide bonds. The van der Waals surface area contributed by atoms with Crippen LogP contribution in [0, 0.1) is 41.4 Å². The SMILES string of the molecule is Cc1ccc2c(c1)OC(C(C#N)C#N)C(C=O)C2=O. The lowest BCUT2D eigenvalue weighted by molar-refractivity contribution is -0.112. The fraction of sp³-hybridized carbons (Fsp3) is 0.286. The van der Waals surface area contributed by atoms with Crippen molar-refractivity contribution in [2.45, 2.75) is 13.0 Å². The van der Waals surface area contributed by atoms with E-state index in [-0.39, 0.29) is 0 Å². The first-order valence-electron chi connectivity index (χ1n) is 5.68. The lowest BCUT2D eigenvalue weighted by atomic mass is 9.84. The largest absolute Gasteiger partial charge is 0.486 e. The second kappa shape index (κ2) is 4.91. The van der Waals surface area contributed by atoms with Crippen LogP contribution >= 0.6 is 0 Å². The summed E-state index contributed by atoms with van der Waals surface area (Å²) in [4.78, 5) is 23.2. The molecule has 1 aromatic rings. The van der Waals surface area contributed by atoms with Gasteiger partial charge in [-0.3, -0.25) is 4.79 Å². The molecule has 1 aliphatic rings. The van der Waals surface area contributed by atoms with Gasteiger partial charge in [0.2, 0.25) is 0 Å². The summed E-state index contributed by atoms with van der Waals surface area (Å²) in [5, 5.41) is 17.8. The Labute approximate surface area is 110 Å². The van der Waals surface area contributed by atoms with Crippen LogP contribution in [0.3, 0.4) is 0 Å². The van der Waals surface area contributed by atoms with Crippen LogP contribution in [-0.2, 0) is 4.79 Å². The first-order chi connectivity index (χ1) is 9.12. The normalized spacial score (nSPS) is 20.9. The molecule has 94 valence electrons. The molecule has 0 bridgehead atoms. The molecule has 2 unspecified atom stereocenters. The molecule has 0 saturated carbocycles. The van der Waals surface area contributed by atoms with Crippen molar-refractivity contribution in [2.24, 2.45) is 11.8 Å². The zero-order valence-corrected chi connectivity index (χ0v) is 10.2. The molecule has 1 aliphatic heterocycles. The Hall–Kier alpha value is -2.66. The van der Waals surface area contributed by atoms with Crippen LogP contribution in [0.15, 0.2) is 18.2 Å². The number of rotatable bonds is 2. The van der Waals surface area contributed by atoms with Gasteiger partial charge in [0.15, 0.2) is 11.7 Å². The first-order valence-corrected chi connectivity index (χ1v) is 5.68. The summed E-state index contributed by atoms with van der Waals surface area (Å²) in [6, 6.07) is 8.50. The quantitative estimate of drug-likeness (QED) is 0.588. The van der Waals surface area contributed by atoms with Crippen LogP contribution in [0.5, 0.6) is 5.75 Å². The zero-order chi connectivity index (χ0) is 14.0. The standard InChI is InChI=1S/C14H10N2O3/c1-8-2-3-10-12(4-8)19-14(9(5-15)6-16)11(7-17)13(10)18/h2-4,7,9,11,14H,1H3. The van der Waals surface area contributed by atoms with E-state index in [1.165, 1.54) is 0 Å². The molecule has 0 radical (unpaired) electrons. The van der Waals surface area contributed by atoms with Crippen molar-refractivity contribution >= 4 is 12.1 Å². The predicted octanol–water partition coefficient (Wildman–Crippen LogP) is 1.42. The molecular weight excluding hydrogens is 244 g/mol. The highest BCUT2D eigenvalue weighted by Gasteiger charge is 2.42. The second-order valence-corrected chi connectivity index (χ2v) is 4.34. The number of ketones is 1. The molecule has 2 atom stereocenters. The summed E-state index contributed by atoms with van der Waals surface area (Å²) in [6.45, 7) is 1.83. The Morgan fingerprint density at radius 1 is 1.37 bits per heavy atom. The van der Waals surface area contributed by atoms with Crippen molar-refractivity contribution in [1.29, 1.82) is 10.5 Å². The summed E-state index contributed by atoms with van der Waals surface area (Å²) in [7, 11) is 0. The number of hydrogen-bond acceptors (Lipinski definition) is 5. The van der Waals surface area contributed by atoms with Crippen molar-refractivity contribution in [3.63, 3.8) is 0 Å². The molecule has 0 aliphatic carbocycles. The first kappa shape index (κ1) is 12.8. The van der Waals surface area contributed by atoms with Gasteiger partial charge in [0.25, 0.3) is 0 Å². The van der Waals surface area contributed by atoms with Crippen molar-refractivity contribution in [1.82, 2.24) is 0 Å². The van der Waals surface area contributed by atoms with Crippen LogP contribution in [0.2, 0.25) is 0 Å². The molecule has 0 aromatic heterocycles. The fourth-order valence-corrected chi connectivity index (χ4v) is 2.07. The Balaban J connectivity index is 2.51. The number of hydrogen-bond donors (Lipinski definition) is 0. The van der Waals surface area contributed by atoms with E-state index in [4.69, 9.17) is 15.3 Å². The summed E-state index contributed by atoms with van der Waals surface area (Å²) in [6.07, 6.45) is -0.605. The van der Waals surface area contributed by atoms with Gasteiger partial charge in [-0.25, -0.2) is 0 Å². The zero-order valence-electron chi connectivity index (χ0n) is 10.2. The molecule has 0 fully saturated rings. The maximum absolute atomic E-state index is 12.2. The van der Waals surface area contributed by atoms with Gasteiger partial charge in [-0.2, -0.15) is 10.5 Å². The Bertz CT molecular complexity index is 611. The van der Waals surface area contributed by atoms with Crippen LogP contribution in [-0.4, -0.2) is 18.2 Å². The number of benzene rings is 1. The molecule has 0 spiro atoms. The van der Waals surface area contributed by atoms with Crippen molar-refractivity contribution in [3.8, 4) is 17.9 Å². The van der Waals surface area contributed by atoms with E-state index in [0.717, 1.165) is 5.56 Å². The van der Waals surface area contributed by atoms with Crippen molar-refractivity contribution in [2.75, 3.05) is 0 Å². The molecule has 5 heteroatoms. The van der Waals surface area contributed by atoms with Crippen molar-refractivity contribution < 1.29 is 14.3 Å². The van der Waals surface area contributed by atoms with Crippen LogP contribution in [0.1, 0.15) is 15.9 Å². The predicted molar refractivity (Wildman–Crippen MR) is 64.2 cm³/mol. The third kappa shape index (κ3) is 2.07. The Morgan fingerprint density at radius 2 is 2.05 bits per heavy atom. The smallest absolute Gasteiger partial charge is 0.180 e. The number of carbonyl (C=O) groups is 2. The van der Waals surface area contributed by atoms with E-state index in [9.17, 15) is 9.59 Å². The van der Waals surface area contributed by atoms with E-state index in [2.05, 4.69) is 0 Å². The van der Waals surface area contributed by atoms with E-state index in [1.54, 1.807) is 30.3 Å². The third-order valence-electron chi connectivity index (χ3n) is 3.08. The van der Waals surface area contributed by atoms with Gasteiger partial charge in [0, 0.05) is 0 Å². The molecule has 1 aromatic carbocycles. The van der Waals surface area contributed by atoms with Crippen LogP contribution in [0.25, 0.3) is 0 Å². The third-order valence-corrected chi connectivity index (χ3v) is 3.08. The highest BCUT2D eigenvalue weighted by Crippen LogP contribution is 2.33. The number of nitrogens with zero attached hydrogens (tertiary/aromatic N) is 2. The molecule has 1 heterocycles. The van der Waals surface area contributed by atoms with Gasteiger partial charge in [-0.05, 0) is 24.6 Å². The minimum absolute atomic E-state index is 0.313. The number of aryl methyl sites for hydroxylation is 1. The average molecular weight is 254 g/mol. The van der Waals surface area contributed by atoms with Crippen molar-refractivity contribution in [3.05, 3.63) is 29.3 Å². The van der Waals surface area contributed by atoms with E-state index in [1.807, 2.05) is 6.92 Å². The molecule has 2 rings (SSSR count). The van der Waals surface area contributed by atoms with Gasteiger partial charge < -0.3 is 9.53 Å². The number of nitriles is 2. The van der Waals surface area contributed by atoms with Gasteiger partial charge in [0.1, 0.15) is 24.1 Å². The van der Waals surface area contributed by atoms with Crippen LogP contribution < -0.4 is 4.74 Å². The monoisotopic (exact) mass is 254 g/mol. The molecule has 19 heavy (non-hydrogen) atoms.